The maximum absolute atomic E-state index is 12.8. The summed E-state index contributed by atoms with van der Waals surface area (Å²) in [6.45, 7) is 3.33. The second-order valence-corrected chi connectivity index (χ2v) is 8.01. The number of sulfonamides is 1. The zero-order chi connectivity index (χ0) is 19.2. The summed E-state index contributed by atoms with van der Waals surface area (Å²) in [6.07, 6.45) is 1.07. The molecule has 2 rings (SSSR count). The van der Waals surface area contributed by atoms with Gasteiger partial charge in [-0.25, -0.2) is 8.42 Å². The third kappa shape index (κ3) is 5.26. The molecule has 1 heterocycles. The van der Waals surface area contributed by atoms with E-state index in [0.29, 0.717) is 51.3 Å². The van der Waals surface area contributed by atoms with E-state index in [1.165, 1.54) is 10.4 Å². The average molecular weight is 384 g/mol. The van der Waals surface area contributed by atoms with E-state index in [-0.39, 0.29) is 22.8 Å². The van der Waals surface area contributed by atoms with Crippen molar-refractivity contribution in [1.82, 2.24) is 9.62 Å². The highest BCUT2D eigenvalue weighted by Gasteiger charge is 2.28. The first kappa shape index (κ1) is 20.3. The average Bonchev–Trinajstić information content (AvgIpc) is 2.62. The molecule has 1 amide bonds. The number of carboxylic acid groups (broad SMARTS) is 1. The van der Waals surface area contributed by atoms with Gasteiger partial charge in [0.15, 0.2) is 0 Å². The lowest BCUT2D eigenvalue weighted by Gasteiger charge is -2.26. The molecule has 26 heavy (non-hydrogen) atoms. The molecule has 1 aromatic rings. The van der Waals surface area contributed by atoms with Crippen molar-refractivity contribution in [2.75, 3.05) is 32.8 Å². The Bertz CT molecular complexity index is 757. The standard InChI is InChI=1S/C17H24N2O6S/c1-13-5-6-14(17(22)18-7-3-2-4-16(20)21)12-15(13)26(23,24)19-8-10-25-11-9-19/h5-6,12H,2-4,7-11H2,1H3,(H,18,22)(H,20,21). The number of hydrogen-bond acceptors (Lipinski definition) is 5. The lowest BCUT2D eigenvalue weighted by atomic mass is 10.1. The number of nitrogens with zero attached hydrogens (tertiary/aromatic N) is 1. The molecule has 1 saturated heterocycles. The van der Waals surface area contributed by atoms with Crippen molar-refractivity contribution in [3.05, 3.63) is 29.3 Å². The van der Waals surface area contributed by atoms with Crippen LogP contribution in [0.25, 0.3) is 0 Å². The van der Waals surface area contributed by atoms with Gasteiger partial charge < -0.3 is 15.2 Å². The van der Waals surface area contributed by atoms with Crippen molar-refractivity contribution in [3.63, 3.8) is 0 Å². The molecule has 1 aliphatic heterocycles. The molecule has 0 radical (unpaired) electrons. The van der Waals surface area contributed by atoms with E-state index in [9.17, 15) is 18.0 Å². The highest BCUT2D eigenvalue weighted by molar-refractivity contribution is 7.89. The van der Waals surface area contributed by atoms with Gasteiger partial charge >= 0.3 is 5.97 Å². The summed E-state index contributed by atoms with van der Waals surface area (Å²) in [4.78, 5) is 22.8. The minimum absolute atomic E-state index is 0.0579. The normalized spacial score (nSPS) is 15.6. The number of aryl methyl sites for hydroxylation is 1. The highest BCUT2D eigenvalue weighted by atomic mass is 32.2. The number of carboxylic acids is 1. The molecule has 0 bridgehead atoms. The van der Waals surface area contributed by atoms with Gasteiger partial charge in [-0.2, -0.15) is 4.31 Å². The SMILES string of the molecule is Cc1ccc(C(=O)NCCCCC(=O)O)cc1S(=O)(=O)N1CCOCC1. The summed E-state index contributed by atoms with van der Waals surface area (Å²) in [6, 6.07) is 4.60. The number of amides is 1. The Morgan fingerprint density at radius 1 is 1.23 bits per heavy atom. The largest absolute Gasteiger partial charge is 0.481 e. The number of carbonyl (C=O) groups excluding carboxylic acids is 1. The number of hydrogen-bond donors (Lipinski definition) is 2. The number of benzene rings is 1. The quantitative estimate of drug-likeness (QED) is 0.647. The lowest BCUT2D eigenvalue weighted by molar-refractivity contribution is -0.137. The number of morpholine rings is 1. The van der Waals surface area contributed by atoms with Gasteiger partial charge in [-0.1, -0.05) is 6.07 Å². The van der Waals surface area contributed by atoms with E-state index in [4.69, 9.17) is 9.84 Å². The minimum Gasteiger partial charge on any atom is -0.481 e. The first-order valence-electron chi connectivity index (χ1n) is 8.51. The molecular weight excluding hydrogens is 360 g/mol. The second-order valence-electron chi connectivity index (χ2n) is 6.10. The van der Waals surface area contributed by atoms with E-state index in [0.717, 1.165) is 0 Å². The first-order chi connectivity index (χ1) is 12.3. The Labute approximate surface area is 153 Å². The first-order valence-corrected chi connectivity index (χ1v) is 9.95. The van der Waals surface area contributed by atoms with Crippen LogP contribution in [-0.4, -0.2) is 62.6 Å². The van der Waals surface area contributed by atoms with Gasteiger partial charge in [-0.3, -0.25) is 9.59 Å². The maximum Gasteiger partial charge on any atom is 0.303 e. The third-order valence-corrected chi connectivity index (χ3v) is 6.18. The van der Waals surface area contributed by atoms with Gasteiger partial charge in [-0.05, 0) is 37.5 Å². The predicted molar refractivity (Wildman–Crippen MR) is 94.6 cm³/mol. The monoisotopic (exact) mass is 384 g/mol. The third-order valence-electron chi connectivity index (χ3n) is 4.14. The fourth-order valence-corrected chi connectivity index (χ4v) is 4.31. The minimum atomic E-state index is -3.68. The summed E-state index contributed by atoms with van der Waals surface area (Å²) in [5.74, 6) is -1.24. The molecule has 0 unspecified atom stereocenters. The number of aliphatic carboxylic acids is 1. The Balaban J connectivity index is 2.06. The van der Waals surface area contributed by atoms with Crippen LogP contribution in [-0.2, 0) is 19.6 Å². The van der Waals surface area contributed by atoms with Gasteiger partial charge in [0.2, 0.25) is 10.0 Å². The molecule has 0 aliphatic carbocycles. The molecule has 0 saturated carbocycles. The Hall–Kier alpha value is -1.97. The smallest absolute Gasteiger partial charge is 0.303 e. The molecule has 2 N–H and O–H groups in total. The van der Waals surface area contributed by atoms with Crippen LogP contribution in [0.3, 0.4) is 0 Å². The van der Waals surface area contributed by atoms with Crippen LogP contribution in [0.15, 0.2) is 23.1 Å². The number of ether oxygens (including phenoxy) is 1. The van der Waals surface area contributed by atoms with Gasteiger partial charge in [0, 0.05) is 31.6 Å². The number of carbonyl (C=O) groups is 2. The van der Waals surface area contributed by atoms with E-state index < -0.39 is 16.0 Å². The summed E-state index contributed by atoms with van der Waals surface area (Å²) in [5, 5.41) is 11.3. The molecule has 1 aromatic carbocycles. The summed E-state index contributed by atoms with van der Waals surface area (Å²) < 4.78 is 32.2. The number of rotatable bonds is 8. The van der Waals surface area contributed by atoms with Crippen LogP contribution in [0.4, 0.5) is 0 Å². The van der Waals surface area contributed by atoms with Crippen LogP contribution < -0.4 is 5.32 Å². The molecule has 0 spiro atoms. The predicted octanol–water partition coefficient (Wildman–Crippen LogP) is 1.00. The van der Waals surface area contributed by atoms with Crippen LogP contribution in [0.5, 0.6) is 0 Å². The van der Waals surface area contributed by atoms with Crippen molar-refractivity contribution >= 4 is 21.9 Å². The maximum atomic E-state index is 12.8. The Morgan fingerprint density at radius 2 is 1.92 bits per heavy atom. The number of unbranched alkanes of at least 4 members (excludes halogenated alkanes) is 1. The Morgan fingerprint density at radius 3 is 2.58 bits per heavy atom. The van der Waals surface area contributed by atoms with Crippen LogP contribution in [0.1, 0.15) is 35.2 Å². The molecule has 1 aliphatic rings. The fourth-order valence-electron chi connectivity index (χ4n) is 2.65. The van der Waals surface area contributed by atoms with E-state index in [1.807, 2.05) is 0 Å². The van der Waals surface area contributed by atoms with Gasteiger partial charge in [-0.15, -0.1) is 0 Å². The Kier molecular flexibility index (Phi) is 7.13. The van der Waals surface area contributed by atoms with Gasteiger partial charge in [0.25, 0.3) is 5.91 Å². The van der Waals surface area contributed by atoms with Crippen molar-refractivity contribution in [2.24, 2.45) is 0 Å². The van der Waals surface area contributed by atoms with Crippen molar-refractivity contribution in [2.45, 2.75) is 31.1 Å². The molecule has 0 aromatic heterocycles. The zero-order valence-electron chi connectivity index (χ0n) is 14.7. The molecule has 0 atom stereocenters. The molecule has 8 nitrogen and oxygen atoms in total. The second kappa shape index (κ2) is 9.11. The van der Waals surface area contributed by atoms with Crippen molar-refractivity contribution in [1.29, 1.82) is 0 Å². The fraction of sp³-hybridized carbons (Fsp3) is 0.529. The molecule has 1 fully saturated rings. The van der Waals surface area contributed by atoms with E-state index in [2.05, 4.69) is 5.32 Å². The summed E-state index contributed by atoms with van der Waals surface area (Å²) >= 11 is 0. The van der Waals surface area contributed by atoms with Crippen LogP contribution in [0, 0.1) is 6.92 Å². The van der Waals surface area contributed by atoms with Crippen LogP contribution in [0.2, 0.25) is 0 Å². The number of nitrogens with one attached hydrogen (secondary N) is 1. The molecule has 144 valence electrons. The van der Waals surface area contributed by atoms with E-state index >= 15 is 0 Å². The topological polar surface area (TPSA) is 113 Å². The van der Waals surface area contributed by atoms with E-state index in [1.54, 1.807) is 19.1 Å². The summed E-state index contributed by atoms with van der Waals surface area (Å²) in [7, 11) is -3.68. The molecular formula is C17H24N2O6S. The van der Waals surface area contributed by atoms with Crippen molar-refractivity contribution in [3.8, 4) is 0 Å². The van der Waals surface area contributed by atoms with Gasteiger partial charge in [0.1, 0.15) is 0 Å². The highest BCUT2D eigenvalue weighted by Crippen LogP contribution is 2.22. The zero-order valence-corrected chi connectivity index (χ0v) is 15.5. The van der Waals surface area contributed by atoms with Crippen molar-refractivity contribution < 1.29 is 27.9 Å². The lowest BCUT2D eigenvalue weighted by Crippen LogP contribution is -2.41. The van der Waals surface area contributed by atoms with Crippen LogP contribution >= 0.6 is 0 Å². The summed E-state index contributed by atoms with van der Waals surface area (Å²) in [5.41, 5.74) is 0.843. The molecule has 9 heteroatoms. The van der Waals surface area contributed by atoms with Gasteiger partial charge in [0.05, 0.1) is 18.1 Å².